The molecule has 0 N–H and O–H groups in total. The number of benzene rings is 4. The summed E-state index contributed by atoms with van der Waals surface area (Å²) in [7, 11) is 0. The third-order valence-corrected chi connectivity index (χ3v) is 13.6. The molecule has 268 valence electrons. The second kappa shape index (κ2) is 14.8. The third-order valence-electron chi connectivity index (χ3n) is 10.6. The van der Waals surface area contributed by atoms with Crippen LogP contribution in [0.15, 0.2) is 118 Å². The molecule has 0 radical (unpaired) electrons. The van der Waals surface area contributed by atoms with E-state index in [-0.39, 0.29) is 44.1 Å². The molecule has 0 spiro atoms. The fourth-order valence-corrected chi connectivity index (χ4v) is 10.9. The topological polar surface area (TPSA) is 26.3 Å². The maximum atomic E-state index is 6.41. The Labute approximate surface area is 336 Å². The Hall–Kier alpha value is -3.79. The number of halogens is 2. The van der Waals surface area contributed by atoms with Crippen molar-refractivity contribution in [3.05, 3.63) is 166 Å². The van der Waals surface area contributed by atoms with E-state index in [1.165, 1.54) is 66.8 Å². The SMILES string of the molecule is Cc1ccc(C2=Cc3c(-c4ccc(C(C)(C)C)cc4)cccc3[CH]2[Ti+2][CH]2C(c3ccc(C)o3)=Cc3c(-c4ccc(C(C)(C)C)cc4)cccc32)o1.[Cl-].[Cl-]. The molecule has 6 aromatic rings. The first kappa shape index (κ1) is 38.9. The van der Waals surface area contributed by atoms with Crippen LogP contribution in [0.1, 0.15) is 106 Å². The van der Waals surface area contributed by atoms with E-state index >= 15 is 0 Å². The standard InChI is InChI=1S/2C24H23O.2ClH.Ti/c2*1-16-8-13-23(25-16)19-14-18-6-5-7-21(22(18)15-19)17-9-11-20(12-10-17)24(2,3)4;;;/h2*5-15H,1-4H3;2*1H;/q;;;;+2/p-2. The normalized spacial score (nSPS) is 16.2. The smallest absolute Gasteiger partial charge is 1.00 e. The Bertz CT molecular complexity index is 2160. The van der Waals surface area contributed by atoms with E-state index in [0.717, 1.165) is 23.0 Å². The Kier molecular flexibility index (Phi) is 10.9. The van der Waals surface area contributed by atoms with Gasteiger partial charge in [0.2, 0.25) is 0 Å². The average Bonchev–Trinajstić information content (AvgIpc) is 3.90. The predicted octanol–water partition coefficient (Wildman–Crippen LogP) is 7.40. The van der Waals surface area contributed by atoms with E-state index in [1.807, 2.05) is 13.8 Å². The van der Waals surface area contributed by atoms with Crippen LogP contribution in [-0.4, -0.2) is 0 Å². The van der Waals surface area contributed by atoms with Crippen molar-refractivity contribution in [2.45, 2.75) is 74.7 Å². The van der Waals surface area contributed by atoms with E-state index in [0.29, 0.717) is 0 Å². The van der Waals surface area contributed by atoms with E-state index in [1.54, 1.807) is 0 Å². The monoisotopic (exact) mass is 772 g/mol. The quantitative estimate of drug-likeness (QED) is 0.165. The Morgan fingerprint density at radius 3 is 1.17 bits per heavy atom. The summed E-state index contributed by atoms with van der Waals surface area (Å²) in [4.78, 5) is 0. The summed E-state index contributed by atoms with van der Waals surface area (Å²) in [6.07, 6.45) is 4.86. The van der Waals surface area contributed by atoms with Crippen LogP contribution >= 0.6 is 0 Å². The van der Waals surface area contributed by atoms with Gasteiger partial charge in [-0.3, -0.25) is 0 Å². The first-order valence-corrected chi connectivity index (χ1v) is 20.0. The van der Waals surface area contributed by atoms with E-state index in [9.17, 15) is 0 Å². The molecule has 2 unspecified atom stereocenters. The Morgan fingerprint density at radius 1 is 0.472 bits per heavy atom. The molecule has 8 rings (SSSR count). The molecule has 0 bridgehead atoms. The summed E-state index contributed by atoms with van der Waals surface area (Å²) in [6, 6.07) is 40.7. The van der Waals surface area contributed by atoms with Crippen molar-refractivity contribution in [1.82, 2.24) is 0 Å². The van der Waals surface area contributed by atoms with Crippen molar-refractivity contribution in [3.63, 3.8) is 0 Å². The molecule has 4 aromatic carbocycles. The third kappa shape index (κ3) is 7.37. The van der Waals surface area contributed by atoms with Gasteiger partial charge < -0.3 is 24.8 Å². The van der Waals surface area contributed by atoms with Gasteiger partial charge in [0.05, 0.1) is 0 Å². The first-order valence-electron chi connectivity index (χ1n) is 18.2. The van der Waals surface area contributed by atoms with Crippen molar-refractivity contribution < 1.29 is 52.8 Å². The Balaban J connectivity index is 0.00000240. The average molecular weight is 774 g/mol. The summed E-state index contributed by atoms with van der Waals surface area (Å²) in [5, 5.41) is 0. The van der Waals surface area contributed by atoms with Gasteiger partial charge >= 0.3 is 314 Å². The zero-order valence-corrected chi connectivity index (χ0v) is 34.8. The molecular weight excluding hydrogens is 727 g/mol. The molecule has 0 fully saturated rings. The molecule has 5 heteroatoms. The van der Waals surface area contributed by atoms with E-state index < -0.39 is 19.2 Å². The predicted molar refractivity (Wildman–Crippen MR) is 209 cm³/mol. The number of rotatable bonds is 6. The molecule has 2 aliphatic rings. The number of fused-ring (bicyclic) bond motifs is 2. The van der Waals surface area contributed by atoms with Crippen molar-refractivity contribution in [2.24, 2.45) is 0 Å². The van der Waals surface area contributed by atoms with Gasteiger partial charge in [0.15, 0.2) is 0 Å². The Morgan fingerprint density at radius 2 is 0.849 bits per heavy atom. The van der Waals surface area contributed by atoms with Gasteiger partial charge in [0.1, 0.15) is 0 Å². The molecule has 2 atom stereocenters. The number of hydrogen-bond donors (Lipinski definition) is 0. The molecule has 0 saturated carbocycles. The summed E-state index contributed by atoms with van der Waals surface area (Å²) in [5.74, 6) is 3.85. The van der Waals surface area contributed by atoms with Crippen LogP contribution < -0.4 is 24.8 Å². The second-order valence-corrected chi connectivity index (χ2v) is 18.6. The molecule has 0 aliphatic heterocycles. The summed E-state index contributed by atoms with van der Waals surface area (Å²) in [6.45, 7) is 17.7. The van der Waals surface area contributed by atoms with Crippen LogP contribution in [0.4, 0.5) is 0 Å². The maximum Gasteiger partial charge on any atom is -1.00 e. The molecule has 53 heavy (non-hydrogen) atoms. The van der Waals surface area contributed by atoms with Crippen molar-refractivity contribution in [3.8, 4) is 22.3 Å². The van der Waals surface area contributed by atoms with Crippen LogP contribution in [0.2, 0.25) is 0 Å². The zero-order chi connectivity index (χ0) is 35.7. The van der Waals surface area contributed by atoms with Gasteiger partial charge in [-0.05, 0) is 0 Å². The van der Waals surface area contributed by atoms with Gasteiger partial charge in [-0.1, -0.05) is 0 Å². The molecule has 2 aliphatic carbocycles. The number of hydrogen-bond acceptors (Lipinski definition) is 2. The second-order valence-electron chi connectivity index (χ2n) is 16.3. The van der Waals surface area contributed by atoms with Gasteiger partial charge in [0, 0.05) is 0 Å². The van der Waals surface area contributed by atoms with Gasteiger partial charge in [-0.15, -0.1) is 0 Å². The number of aryl methyl sites for hydroxylation is 2. The van der Waals surface area contributed by atoms with E-state index in [2.05, 4.69) is 163 Å². The molecule has 2 heterocycles. The van der Waals surface area contributed by atoms with Crippen LogP contribution in [0.3, 0.4) is 0 Å². The summed E-state index contributed by atoms with van der Waals surface area (Å²) in [5.41, 5.74) is 16.1. The maximum absolute atomic E-state index is 6.41. The van der Waals surface area contributed by atoms with Gasteiger partial charge in [-0.2, -0.15) is 0 Å². The summed E-state index contributed by atoms with van der Waals surface area (Å²) < 4.78 is 13.3. The molecule has 2 aromatic heterocycles. The van der Waals surface area contributed by atoms with Crippen LogP contribution in [0.25, 0.3) is 45.6 Å². The van der Waals surface area contributed by atoms with Crippen LogP contribution in [0, 0.1) is 13.8 Å². The summed E-state index contributed by atoms with van der Waals surface area (Å²) >= 11 is -0.734. The van der Waals surface area contributed by atoms with Crippen molar-refractivity contribution in [1.29, 1.82) is 0 Å². The number of allylic oxidation sites excluding steroid dienone is 2. The van der Waals surface area contributed by atoms with E-state index in [4.69, 9.17) is 8.83 Å². The van der Waals surface area contributed by atoms with Crippen LogP contribution in [-0.2, 0) is 30.0 Å². The molecule has 0 amide bonds. The fourth-order valence-electron chi connectivity index (χ4n) is 7.74. The van der Waals surface area contributed by atoms with Crippen molar-refractivity contribution in [2.75, 3.05) is 0 Å². The minimum atomic E-state index is -0.734. The minimum Gasteiger partial charge on any atom is -1.00 e. The van der Waals surface area contributed by atoms with Crippen molar-refractivity contribution >= 4 is 23.3 Å². The van der Waals surface area contributed by atoms with Crippen LogP contribution in [0.5, 0.6) is 0 Å². The molecule has 0 saturated heterocycles. The first-order chi connectivity index (χ1) is 24.3. The molecule has 2 nitrogen and oxygen atoms in total. The molecular formula is C48H46Cl2O2Ti. The number of furan rings is 2. The largest absolute Gasteiger partial charge is 1.00 e. The zero-order valence-electron chi connectivity index (χ0n) is 31.8. The fraction of sp³-hybridized carbons (Fsp3) is 0.250. The minimum absolute atomic E-state index is 0. The van der Waals surface area contributed by atoms with Gasteiger partial charge in [0.25, 0.3) is 0 Å². The van der Waals surface area contributed by atoms with Gasteiger partial charge in [-0.25, -0.2) is 0 Å².